The number of rotatable bonds is 2. The monoisotopic (exact) mass is 303 g/mol. The average Bonchev–Trinajstić information content (AvgIpc) is 3.03. The van der Waals surface area contributed by atoms with Crippen molar-refractivity contribution in [3.63, 3.8) is 0 Å². The molecule has 1 aromatic heterocycles. The molecule has 120 valence electrons. The maximum Gasteiger partial charge on any atom is 0.188 e. The van der Waals surface area contributed by atoms with Gasteiger partial charge >= 0.3 is 0 Å². The van der Waals surface area contributed by atoms with Gasteiger partial charge in [0, 0.05) is 11.8 Å². The summed E-state index contributed by atoms with van der Waals surface area (Å²) in [5.74, 6) is 0.962. The van der Waals surface area contributed by atoms with Gasteiger partial charge in [-0.1, -0.05) is 20.8 Å². The molecule has 3 aliphatic rings. The second kappa shape index (κ2) is 4.45. The van der Waals surface area contributed by atoms with Crippen LogP contribution in [0, 0.1) is 23.7 Å². The molecule has 4 rings (SSSR count). The number of ether oxygens (including phenoxy) is 2. The van der Waals surface area contributed by atoms with Crippen molar-refractivity contribution in [3.05, 3.63) is 23.0 Å². The molecule has 2 aliphatic carbocycles. The number of hydrogen-bond acceptors (Lipinski definition) is 4. The molecule has 2 saturated carbocycles. The number of aromatic hydroxyl groups is 1. The van der Waals surface area contributed by atoms with Gasteiger partial charge in [-0.25, -0.2) is 0 Å². The molecule has 4 nitrogen and oxygen atoms in total. The largest absolute Gasteiger partial charge is 0.506 e. The van der Waals surface area contributed by atoms with E-state index >= 15 is 0 Å². The number of hydrogen-bond donors (Lipinski definition) is 1. The highest BCUT2D eigenvalue weighted by molar-refractivity contribution is 5.43. The van der Waals surface area contributed by atoms with Gasteiger partial charge in [0.2, 0.25) is 0 Å². The zero-order chi connectivity index (χ0) is 15.7. The molecule has 0 amide bonds. The average molecular weight is 303 g/mol. The Morgan fingerprint density at radius 3 is 2.77 bits per heavy atom. The van der Waals surface area contributed by atoms with Gasteiger partial charge in [-0.2, -0.15) is 0 Å². The molecule has 22 heavy (non-hydrogen) atoms. The van der Waals surface area contributed by atoms with Crippen LogP contribution < -0.4 is 0 Å². The Bertz CT molecular complexity index is 627. The Hall–Kier alpha value is -1.13. The molecule has 4 unspecified atom stereocenters. The first-order valence-electron chi connectivity index (χ1n) is 8.29. The van der Waals surface area contributed by atoms with E-state index < -0.39 is 6.29 Å². The molecular weight excluding hydrogens is 278 g/mol. The first-order valence-corrected chi connectivity index (χ1v) is 8.29. The Balaban J connectivity index is 1.62. The molecule has 2 heterocycles. The molecular formula is C18H25NO3. The molecule has 1 aromatic rings. The molecule has 0 aromatic carbocycles. The van der Waals surface area contributed by atoms with Gasteiger partial charge in [0.15, 0.2) is 6.29 Å². The van der Waals surface area contributed by atoms with E-state index in [1.165, 1.54) is 12.8 Å². The fourth-order valence-electron chi connectivity index (χ4n) is 4.87. The van der Waals surface area contributed by atoms with E-state index in [0.29, 0.717) is 17.7 Å². The van der Waals surface area contributed by atoms with E-state index in [9.17, 15) is 5.11 Å². The van der Waals surface area contributed by atoms with Gasteiger partial charge in [0.1, 0.15) is 5.75 Å². The van der Waals surface area contributed by atoms with Crippen LogP contribution in [0.2, 0.25) is 0 Å². The van der Waals surface area contributed by atoms with Crippen molar-refractivity contribution in [2.24, 2.45) is 16.7 Å². The highest BCUT2D eigenvalue weighted by Crippen LogP contribution is 2.66. The number of nitrogens with zero attached hydrogens (tertiary/aromatic N) is 1. The van der Waals surface area contributed by atoms with Crippen LogP contribution in [0.5, 0.6) is 5.75 Å². The lowest BCUT2D eigenvalue weighted by atomic mass is 9.70. The number of fused-ring (bicyclic) bond motifs is 3. The first-order chi connectivity index (χ1) is 10.3. The van der Waals surface area contributed by atoms with E-state index in [1.54, 1.807) is 6.20 Å². The van der Waals surface area contributed by atoms with Gasteiger partial charge in [0.05, 0.1) is 24.0 Å². The lowest BCUT2D eigenvalue weighted by Crippen LogP contribution is -2.37. The minimum atomic E-state index is -0.450. The predicted molar refractivity (Wildman–Crippen MR) is 82.3 cm³/mol. The molecule has 4 atom stereocenters. The summed E-state index contributed by atoms with van der Waals surface area (Å²) in [6.45, 7) is 9.40. The van der Waals surface area contributed by atoms with E-state index in [0.717, 1.165) is 23.5 Å². The standard InChI is InChI=1S/C18H25NO3/c1-10-15(20)14-11(8-19-10)9-21-16(14)22-13-7-12-5-6-18(13,4)17(12,2)3/h8,12-13,16,20H,5-7,9H2,1-4H3. The second-order valence-corrected chi connectivity index (χ2v) is 8.01. The van der Waals surface area contributed by atoms with Crippen LogP contribution in [0.1, 0.15) is 63.1 Å². The first kappa shape index (κ1) is 14.5. The molecule has 0 saturated heterocycles. The quantitative estimate of drug-likeness (QED) is 0.901. The summed E-state index contributed by atoms with van der Waals surface area (Å²) in [4.78, 5) is 4.21. The minimum Gasteiger partial charge on any atom is -0.506 e. The van der Waals surface area contributed by atoms with Crippen LogP contribution in [-0.2, 0) is 16.1 Å². The van der Waals surface area contributed by atoms with Gasteiger partial charge < -0.3 is 14.6 Å². The lowest BCUT2D eigenvalue weighted by Gasteiger charge is -2.39. The van der Waals surface area contributed by atoms with E-state index in [4.69, 9.17) is 9.47 Å². The maximum atomic E-state index is 10.3. The lowest BCUT2D eigenvalue weighted by molar-refractivity contribution is -0.197. The van der Waals surface area contributed by atoms with Crippen LogP contribution in [0.3, 0.4) is 0 Å². The Morgan fingerprint density at radius 1 is 1.36 bits per heavy atom. The normalized spacial score (nSPS) is 38.5. The number of pyridine rings is 1. The summed E-state index contributed by atoms with van der Waals surface area (Å²) in [5.41, 5.74) is 2.88. The predicted octanol–water partition coefficient (Wildman–Crippen LogP) is 3.86. The summed E-state index contributed by atoms with van der Waals surface area (Å²) in [7, 11) is 0. The molecule has 1 aliphatic heterocycles. The molecule has 2 bridgehead atoms. The van der Waals surface area contributed by atoms with E-state index in [2.05, 4.69) is 25.8 Å². The van der Waals surface area contributed by atoms with Crippen LogP contribution in [-0.4, -0.2) is 16.2 Å². The van der Waals surface area contributed by atoms with Crippen LogP contribution in [0.4, 0.5) is 0 Å². The Labute approximate surface area is 131 Å². The van der Waals surface area contributed by atoms with E-state index in [-0.39, 0.29) is 17.3 Å². The fraction of sp³-hybridized carbons (Fsp3) is 0.722. The van der Waals surface area contributed by atoms with Crippen molar-refractivity contribution < 1.29 is 14.6 Å². The Morgan fingerprint density at radius 2 is 2.14 bits per heavy atom. The third kappa shape index (κ3) is 1.68. The van der Waals surface area contributed by atoms with Gasteiger partial charge in [0.25, 0.3) is 0 Å². The minimum absolute atomic E-state index is 0.196. The summed E-state index contributed by atoms with van der Waals surface area (Å²) in [5, 5.41) is 10.3. The molecule has 4 heteroatoms. The third-order valence-electron chi connectivity index (χ3n) is 6.99. The van der Waals surface area contributed by atoms with Crippen molar-refractivity contribution in [3.8, 4) is 5.75 Å². The topological polar surface area (TPSA) is 51.6 Å². The molecule has 0 radical (unpaired) electrons. The number of aromatic nitrogens is 1. The van der Waals surface area contributed by atoms with E-state index in [1.807, 2.05) is 6.92 Å². The second-order valence-electron chi connectivity index (χ2n) is 8.01. The zero-order valence-corrected chi connectivity index (χ0v) is 13.8. The summed E-state index contributed by atoms with van der Waals surface area (Å²) in [6, 6.07) is 0. The zero-order valence-electron chi connectivity index (χ0n) is 13.8. The van der Waals surface area contributed by atoms with Crippen molar-refractivity contribution in [1.82, 2.24) is 4.98 Å². The van der Waals surface area contributed by atoms with Gasteiger partial charge in [-0.15, -0.1) is 0 Å². The molecule has 2 fully saturated rings. The van der Waals surface area contributed by atoms with Crippen LogP contribution >= 0.6 is 0 Å². The van der Waals surface area contributed by atoms with Crippen molar-refractivity contribution >= 4 is 0 Å². The molecule has 0 spiro atoms. The Kier molecular flexibility index (Phi) is 2.93. The number of aryl methyl sites for hydroxylation is 1. The van der Waals surface area contributed by atoms with Gasteiger partial charge in [-0.05, 0) is 42.9 Å². The SMILES string of the molecule is Cc1ncc2c(c1O)C(OC1CC3CCC1(C)C3(C)C)OC2. The van der Waals surface area contributed by atoms with Crippen LogP contribution in [0.15, 0.2) is 6.20 Å². The maximum absolute atomic E-state index is 10.3. The highest BCUT2D eigenvalue weighted by Gasteiger charge is 2.62. The fourth-order valence-corrected chi connectivity index (χ4v) is 4.87. The smallest absolute Gasteiger partial charge is 0.188 e. The highest BCUT2D eigenvalue weighted by atomic mass is 16.7. The summed E-state index contributed by atoms with van der Waals surface area (Å²) in [6.07, 6.45) is 5.17. The summed E-state index contributed by atoms with van der Waals surface area (Å²) >= 11 is 0. The molecule has 1 N–H and O–H groups in total. The third-order valence-corrected chi connectivity index (χ3v) is 6.99. The van der Waals surface area contributed by atoms with Crippen molar-refractivity contribution in [2.75, 3.05) is 0 Å². The van der Waals surface area contributed by atoms with Crippen molar-refractivity contribution in [2.45, 2.75) is 66.0 Å². The van der Waals surface area contributed by atoms with Gasteiger partial charge in [-0.3, -0.25) is 4.98 Å². The van der Waals surface area contributed by atoms with Crippen LogP contribution in [0.25, 0.3) is 0 Å². The summed E-state index contributed by atoms with van der Waals surface area (Å²) < 4.78 is 12.2. The van der Waals surface area contributed by atoms with Crippen molar-refractivity contribution in [1.29, 1.82) is 0 Å².